The Labute approximate surface area is 137 Å². The first kappa shape index (κ1) is 17.4. The standard InChI is InChI=1S/C16H21N3O3S/c1-12-5-6-15(9-13(12)2)22-16-10-14(7-8-17-16)11-18-23(20,21)19(3)4/h5-10,18H,11H2,1-4H3. The summed E-state index contributed by atoms with van der Waals surface area (Å²) >= 11 is 0. The van der Waals surface area contributed by atoms with Crippen molar-refractivity contribution in [3.63, 3.8) is 0 Å². The molecule has 0 saturated heterocycles. The van der Waals surface area contributed by atoms with Crippen LogP contribution >= 0.6 is 0 Å². The highest BCUT2D eigenvalue weighted by atomic mass is 32.2. The Kier molecular flexibility index (Phi) is 5.35. The summed E-state index contributed by atoms with van der Waals surface area (Å²) in [5.41, 5.74) is 3.10. The minimum Gasteiger partial charge on any atom is -0.439 e. The van der Waals surface area contributed by atoms with Crippen LogP contribution in [0.15, 0.2) is 36.5 Å². The van der Waals surface area contributed by atoms with E-state index < -0.39 is 10.2 Å². The molecule has 0 atom stereocenters. The highest BCUT2D eigenvalue weighted by molar-refractivity contribution is 7.87. The van der Waals surface area contributed by atoms with E-state index in [-0.39, 0.29) is 6.54 Å². The zero-order chi connectivity index (χ0) is 17.0. The van der Waals surface area contributed by atoms with E-state index in [1.807, 2.05) is 32.0 Å². The number of rotatable bonds is 6. The van der Waals surface area contributed by atoms with E-state index in [0.29, 0.717) is 11.6 Å². The van der Waals surface area contributed by atoms with Crippen molar-refractivity contribution >= 4 is 10.2 Å². The second-order valence-electron chi connectivity index (χ2n) is 5.46. The minimum atomic E-state index is -3.46. The van der Waals surface area contributed by atoms with Gasteiger partial charge in [0.15, 0.2) is 0 Å². The molecular formula is C16H21N3O3S. The summed E-state index contributed by atoms with van der Waals surface area (Å²) in [5, 5.41) is 0. The van der Waals surface area contributed by atoms with Crippen molar-refractivity contribution in [3.8, 4) is 11.6 Å². The summed E-state index contributed by atoms with van der Waals surface area (Å²) in [4.78, 5) is 4.16. The predicted octanol–water partition coefficient (Wildman–Crippen LogP) is 2.39. The van der Waals surface area contributed by atoms with E-state index in [1.165, 1.54) is 19.7 Å². The molecule has 0 radical (unpaired) electrons. The van der Waals surface area contributed by atoms with Crippen LogP contribution in [0.5, 0.6) is 11.6 Å². The number of nitrogens with one attached hydrogen (secondary N) is 1. The molecule has 7 heteroatoms. The van der Waals surface area contributed by atoms with Crippen LogP contribution in [0, 0.1) is 13.8 Å². The number of aromatic nitrogens is 1. The van der Waals surface area contributed by atoms with Gasteiger partial charge in [0.25, 0.3) is 10.2 Å². The van der Waals surface area contributed by atoms with Gasteiger partial charge in [-0.1, -0.05) is 6.07 Å². The maximum Gasteiger partial charge on any atom is 0.279 e. The molecule has 1 aromatic heterocycles. The van der Waals surface area contributed by atoms with Crippen molar-refractivity contribution in [2.75, 3.05) is 14.1 Å². The molecule has 1 aromatic carbocycles. The van der Waals surface area contributed by atoms with Crippen LogP contribution in [0.1, 0.15) is 16.7 Å². The van der Waals surface area contributed by atoms with Crippen LogP contribution in [0.2, 0.25) is 0 Å². The van der Waals surface area contributed by atoms with Gasteiger partial charge < -0.3 is 4.74 Å². The molecule has 6 nitrogen and oxygen atoms in total. The van der Waals surface area contributed by atoms with Gasteiger partial charge in [-0.25, -0.2) is 4.98 Å². The molecule has 1 N–H and O–H groups in total. The zero-order valence-electron chi connectivity index (χ0n) is 13.7. The fourth-order valence-electron chi connectivity index (χ4n) is 1.82. The molecule has 0 bridgehead atoms. The molecule has 0 aliphatic heterocycles. The molecule has 0 spiro atoms. The Hall–Kier alpha value is -1.96. The van der Waals surface area contributed by atoms with Crippen LogP contribution in [0.4, 0.5) is 0 Å². The largest absolute Gasteiger partial charge is 0.439 e. The Balaban J connectivity index is 2.09. The number of aryl methyl sites for hydroxylation is 2. The maximum atomic E-state index is 11.7. The zero-order valence-corrected chi connectivity index (χ0v) is 14.5. The van der Waals surface area contributed by atoms with Crippen molar-refractivity contribution in [2.45, 2.75) is 20.4 Å². The van der Waals surface area contributed by atoms with Gasteiger partial charge in [-0.15, -0.1) is 0 Å². The van der Waals surface area contributed by atoms with Gasteiger partial charge in [0.1, 0.15) is 5.75 Å². The number of nitrogens with zero attached hydrogens (tertiary/aromatic N) is 2. The molecule has 1 heterocycles. The lowest BCUT2D eigenvalue weighted by molar-refractivity contribution is 0.461. The summed E-state index contributed by atoms with van der Waals surface area (Å²) in [6.07, 6.45) is 1.59. The second-order valence-corrected chi connectivity index (χ2v) is 7.43. The van der Waals surface area contributed by atoms with Crippen LogP contribution in [-0.4, -0.2) is 31.8 Å². The lowest BCUT2D eigenvalue weighted by Crippen LogP contribution is -2.35. The molecule has 124 valence electrons. The highest BCUT2D eigenvalue weighted by Gasteiger charge is 2.12. The SMILES string of the molecule is Cc1ccc(Oc2cc(CNS(=O)(=O)N(C)C)ccn2)cc1C. The first-order valence-corrected chi connectivity index (χ1v) is 8.59. The maximum absolute atomic E-state index is 11.7. The lowest BCUT2D eigenvalue weighted by Gasteiger charge is -2.13. The third-order valence-electron chi connectivity index (χ3n) is 3.44. The van der Waals surface area contributed by atoms with Crippen LogP contribution in [0.3, 0.4) is 0 Å². The minimum absolute atomic E-state index is 0.173. The van der Waals surface area contributed by atoms with E-state index in [1.54, 1.807) is 18.3 Å². The third-order valence-corrected chi connectivity index (χ3v) is 4.91. The Bertz CT molecular complexity index is 789. The number of ether oxygens (including phenoxy) is 1. The summed E-state index contributed by atoms with van der Waals surface area (Å²) in [6, 6.07) is 9.27. The Morgan fingerprint density at radius 3 is 2.52 bits per heavy atom. The van der Waals surface area contributed by atoms with E-state index in [2.05, 4.69) is 9.71 Å². The molecule has 2 rings (SSSR count). The van der Waals surface area contributed by atoms with Crippen LogP contribution < -0.4 is 9.46 Å². The normalized spacial score (nSPS) is 11.7. The fraction of sp³-hybridized carbons (Fsp3) is 0.312. The first-order valence-electron chi connectivity index (χ1n) is 7.15. The fourth-order valence-corrected chi connectivity index (χ4v) is 2.43. The van der Waals surface area contributed by atoms with E-state index in [9.17, 15) is 8.42 Å². The summed E-state index contributed by atoms with van der Waals surface area (Å²) in [5.74, 6) is 1.13. The highest BCUT2D eigenvalue weighted by Crippen LogP contribution is 2.22. The van der Waals surface area contributed by atoms with Gasteiger partial charge in [0.05, 0.1) is 0 Å². The summed E-state index contributed by atoms with van der Waals surface area (Å²) in [7, 11) is -0.506. The van der Waals surface area contributed by atoms with Gasteiger partial charge in [0.2, 0.25) is 5.88 Å². The van der Waals surface area contributed by atoms with Gasteiger partial charge in [-0.3, -0.25) is 0 Å². The van der Waals surface area contributed by atoms with Gasteiger partial charge >= 0.3 is 0 Å². The molecule has 0 fully saturated rings. The van der Waals surface area contributed by atoms with Crippen molar-refractivity contribution in [1.29, 1.82) is 0 Å². The monoisotopic (exact) mass is 335 g/mol. The van der Waals surface area contributed by atoms with Crippen molar-refractivity contribution in [2.24, 2.45) is 0 Å². The molecular weight excluding hydrogens is 314 g/mol. The predicted molar refractivity (Wildman–Crippen MR) is 89.7 cm³/mol. The van der Waals surface area contributed by atoms with Crippen LogP contribution in [-0.2, 0) is 16.8 Å². The molecule has 0 aliphatic carbocycles. The lowest BCUT2D eigenvalue weighted by atomic mass is 10.1. The van der Waals surface area contributed by atoms with Gasteiger partial charge in [0, 0.05) is 32.9 Å². The van der Waals surface area contributed by atoms with Gasteiger partial charge in [-0.2, -0.15) is 17.4 Å². The van der Waals surface area contributed by atoms with Crippen molar-refractivity contribution in [1.82, 2.24) is 14.0 Å². The van der Waals surface area contributed by atoms with E-state index >= 15 is 0 Å². The Morgan fingerprint density at radius 1 is 1.13 bits per heavy atom. The number of pyridine rings is 1. The third kappa shape index (κ3) is 4.75. The summed E-state index contributed by atoms with van der Waals surface area (Å²) in [6.45, 7) is 4.23. The number of benzene rings is 1. The Morgan fingerprint density at radius 2 is 1.87 bits per heavy atom. The summed E-state index contributed by atoms with van der Waals surface area (Å²) < 4.78 is 32.8. The van der Waals surface area contributed by atoms with Crippen molar-refractivity contribution in [3.05, 3.63) is 53.2 Å². The first-order chi connectivity index (χ1) is 10.8. The average molecular weight is 335 g/mol. The molecule has 2 aromatic rings. The average Bonchev–Trinajstić information content (AvgIpc) is 2.49. The molecule has 23 heavy (non-hydrogen) atoms. The van der Waals surface area contributed by atoms with E-state index in [4.69, 9.17) is 4.74 Å². The smallest absolute Gasteiger partial charge is 0.279 e. The molecule has 0 amide bonds. The topological polar surface area (TPSA) is 71.5 Å². The number of hydrogen-bond acceptors (Lipinski definition) is 4. The van der Waals surface area contributed by atoms with Crippen LogP contribution in [0.25, 0.3) is 0 Å². The quantitative estimate of drug-likeness (QED) is 0.880. The van der Waals surface area contributed by atoms with Gasteiger partial charge in [-0.05, 0) is 48.7 Å². The second kappa shape index (κ2) is 7.08. The molecule has 0 aliphatic rings. The van der Waals surface area contributed by atoms with E-state index in [0.717, 1.165) is 15.4 Å². The molecule has 0 saturated carbocycles. The number of hydrogen-bond donors (Lipinski definition) is 1. The molecule has 0 unspecified atom stereocenters. The van der Waals surface area contributed by atoms with Crippen molar-refractivity contribution < 1.29 is 13.2 Å².